The van der Waals surface area contributed by atoms with E-state index in [9.17, 15) is 23.8 Å². The highest BCUT2D eigenvalue weighted by molar-refractivity contribution is 7.47. The zero-order valence-electron chi connectivity index (χ0n) is 35.5. The molecule has 0 spiro atoms. The Bertz CT molecular complexity index is 1050. The third-order valence-electron chi connectivity index (χ3n) is 9.67. The topological polar surface area (TPSA) is 172 Å². The van der Waals surface area contributed by atoms with Crippen molar-refractivity contribution in [3.63, 3.8) is 0 Å². The summed E-state index contributed by atoms with van der Waals surface area (Å²) in [6.45, 7) is 2.79. The smallest absolute Gasteiger partial charge is 0.472 e. The van der Waals surface area contributed by atoms with Gasteiger partial charge in [-0.15, -0.1) is 0 Å². The Hall–Kier alpha value is -2.04. The zero-order valence-corrected chi connectivity index (χ0v) is 36.4. The molecule has 12 heteroatoms. The summed E-state index contributed by atoms with van der Waals surface area (Å²) in [6, 6.07) is -1.52. The number of allylic oxidation sites excluding steroid dienone is 4. The second-order valence-corrected chi connectivity index (χ2v) is 16.6. The Labute approximate surface area is 340 Å². The molecule has 0 fully saturated rings. The summed E-state index contributed by atoms with van der Waals surface area (Å²) in [5.74, 6) is -2.38. The molecule has 0 saturated carbocycles. The lowest BCUT2D eigenvalue weighted by Crippen LogP contribution is -2.34. The molecule has 0 rings (SSSR count). The number of ether oxygens (including phenoxy) is 2. The molecule has 0 aliphatic rings. The average molecular weight is 816 g/mol. The molecule has 0 aromatic carbocycles. The van der Waals surface area contributed by atoms with Crippen LogP contribution in [0.5, 0.6) is 0 Å². The van der Waals surface area contributed by atoms with E-state index in [1.165, 1.54) is 109 Å². The van der Waals surface area contributed by atoms with Gasteiger partial charge in [-0.25, -0.2) is 4.57 Å². The van der Waals surface area contributed by atoms with Crippen molar-refractivity contribution in [2.75, 3.05) is 19.8 Å². The predicted octanol–water partition coefficient (Wildman–Crippen LogP) is 11.8. The first kappa shape index (κ1) is 54.0. The van der Waals surface area contributed by atoms with Gasteiger partial charge >= 0.3 is 25.7 Å². The molecule has 0 aromatic heterocycles. The van der Waals surface area contributed by atoms with Crippen molar-refractivity contribution in [1.82, 2.24) is 0 Å². The van der Waals surface area contributed by atoms with Crippen LogP contribution in [0.1, 0.15) is 206 Å². The van der Waals surface area contributed by atoms with Crippen LogP contribution in [0.3, 0.4) is 0 Å². The molecule has 0 aromatic rings. The van der Waals surface area contributed by atoms with Crippen molar-refractivity contribution in [2.24, 2.45) is 5.73 Å². The first-order valence-electron chi connectivity index (χ1n) is 22.4. The average Bonchev–Trinajstić information content (AvgIpc) is 3.17. The highest BCUT2D eigenvalue weighted by atomic mass is 31.2. The van der Waals surface area contributed by atoms with Crippen LogP contribution in [0.25, 0.3) is 0 Å². The molecular weight excluding hydrogens is 733 g/mol. The number of esters is 2. The third kappa shape index (κ3) is 38.8. The molecule has 0 heterocycles. The largest absolute Gasteiger partial charge is 0.480 e. The van der Waals surface area contributed by atoms with Crippen LogP contribution >= 0.6 is 7.82 Å². The molecule has 3 atom stereocenters. The molecule has 0 radical (unpaired) electrons. The van der Waals surface area contributed by atoms with Crippen molar-refractivity contribution < 1.29 is 47.5 Å². The molecule has 0 amide bonds. The van der Waals surface area contributed by atoms with Gasteiger partial charge in [0.15, 0.2) is 6.10 Å². The molecule has 4 N–H and O–H groups in total. The Balaban J connectivity index is 4.35. The number of carboxylic acids is 1. The summed E-state index contributed by atoms with van der Waals surface area (Å²) in [5, 5.41) is 8.89. The summed E-state index contributed by atoms with van der Waals surface area (Å²) >= 11 is 0. The second-order valence-electron chi connectivity index (χ2n) is 15.2. The standard InChI is InChI=1S/C44H82NO10P/c1-3-5-7-9-11-13-15-17-19-20-22-24-26-28-30-32-34-36-43(47)55-40(38-53-56(50,51)54-39-41(45)44(48)49)37-52-42(46)35-33-31-29-27-25-23-21-18-16-14-12-10-8-6-4-2/h13,15,18,21,40-41H,3-12,14,16-17,19-20,22-39,45H2,1-2H3,(H,48,49)(H,50,51)/b15-13+,21-18+/t40-,41+/m1/s1. The SMILES string of the molecule is CCCCCC/C=C/CCCCCCCCCCCC(=O)O[C@H](COC(=O)CCCCCCC/C=C/CCCCCCCC)COP(=O)(O)OC[C@H](N)C(=O)O. The van der Waals surface area contributed by atoms with Gasteiger partial charge in [-0.1, -0.05) is 154 Å². The Morgan fingerprint density at radius 3 is 1.32 bits per heavy atom. The molecule has 56 heavy (non-hydrogen) atoms. The monoisotopic (exact) mass is 816 g/mol. The Morgan fingerprint density at radius 1 is 0.536 bits per heavy atom. The minimum atomic E-state index is -4.72. The van der Waals surface area contributed by atoms with Crippen LogP contribution in [-0.2, 0) is 37.5 Å². The maximum atomic E-state index is 12.6. The minimum Gasteiger partial charge on any atom is -0.480 e. The predicted molar refractivity (Wildman–Crippen MR) is 226 cm³/mol. The molecule has 1 unspecified atom stereocenters. The first-order valence-corrected chi connectivity index (χ1v) is 23.9. The summed E-state index contributed by atoms with van der Waals surface area (Å²) in [6.07, 6.45) is 40.9. The molecule has 0 aliphatic carbocycles. The fourth-order valence-corrected chi connectivity index (χ4v) is 6.89. The van der Waals surface area contributed by atoms with E-state index >= 15 is 0 Å². The van der Waals surface area contributed by atoms with Gasteiger partial charge in [0.05, 0.1) is 13.2 Å². The summed E-state index contributed by atoms with van der Waals surface area (Å²) in [7, 11) is -4.72. The number of phosphoric acid groups is 1. The highest BCUT2D eigenvalue weighted by Crippen LogP contribution is 2.43. The summed E-state index contributed by atoms with van der Waals surface area (Å²) < 4.78 is 32.7. The van der Waals surface area contributed by atoms with Gasteiger partial charge in [0.25, 0.3) is 0 Å². The fourth-order valence-electron chi connectivity index (χ4n) is 6.11. The number of carbonyl (C=O) groups excluding carboxylic acids is 2. The van der Waals surface area contributed by atoms with Gasteiger partial charge in [0.2, 0.25) is 0 Å². The van der Waals surface area contributed by atoms with Crippen LogP contribution < -0.4 is 5.73 Å². The van der Waals surface area contributed by atoms with Gasteiger partial charge < -0.3 is 25.2 Å². The fraction of sp³-hybridized carbons (Fsp3) is 0.841. The summed E-state index contributed by atoms with van der Waals surface area (Å²) in [4.78, 5) is 46.0. The van der Waals surface area contributed by atoms with Gasteiger partial charge in [0, 0.05) is 12.8 Å². The minimum absolute atomic E-state index is 0.159. The molecule has 0 aliphatic heterocycles. The number of aliphatic carboxylic acids is 1. The van der Waals surface area contributed by atoms with E-state index in [0.29, 0.717) is 12.8 Å². The Kier molecular flexibility index (Phi) is 38.3. The van der Waals surface area contributed by atoms with Gasteiger partial charge in [-0.05, 0) is 64.2 Å². The van der Waals surface area contributed by atoms with E-state index < -0.39 is 51.1 Å². The second kappa shape index (κ2) is 39.8. The number of carbonyl (C=O) groups is 3. The van der Waals surface area contributed by atoms with Crippen LogP contribution in [0.2, 0.25) is 0 Å². The van der Waals surface area contributed by atoms with Crippen molar-refractivity contribution in [2.45, 2.75) is 219 Å². The number of unbranched alkanes of at least 4 members (excludes halogenated alkanes) is 24. The molecular formula is C44H82NO10P. The van der Waals surface area contributed by atoms with Crippen molar-refractivity contribution in [1.29, 1.82) is 0 Å². The van der Waals surface area contributed by atoms with Crippen molar-refractivity contribution in [3.05, 3.63) is 24.3 Å². The number of hydrogen-bond acceptors (Lipinski definition) is 9. The van der Waals surface area contributed by atoms with Gasteiger partial charge in [-0.2, -0.15) is 0 Å². The van der Waals surface area contributed by atoms with E-state index in [1.807, 2.05) is 0 Å². The van der Waals surface area contributed by atoms with Crippen LogP contribution in [0.4, 0.5) is 0 Å². The van der Waals surface area contributed by atoms with Crippen LogP contribution in [0, 0.1) is 0 Å². The maximum absolute atomic E-state index is 12.6. The Morgan fingerprint density at radius 2 is 0.893 bits per heavy atom. The molecule has 0 saturated heterocycles. The van der Waals surface area contributed by atoms with Crippen molar-refractivity contribution in [3.8, 4) is 0 Å². The lowest BCUT2D eigenvalue weighted by Gasteiger charge is -2.20. The number of rotatable bonds is 42. The van der Waals surface area contributed by atoms with E-state index in [1.54, 1.807) is 0 Å². The number of carboxylic acid groups (broad SMARTS) is 1. The maximum Gasteiger partial charge on any atom is 0.472 e. The molecule has 11 nitrogen and oxygen atoms in total. The molecule has 0 bridgehead atoms. The van der Waals surface area contributed by atoms with Crippen LogP contribution in [0.15, 0.2) is 24.3 Å². The number of phosphoric ester groups is 1. The number of hydrogen-bond donors (Lipinski definition) is 3. The highest BCUT2D eigenvalue weighted by Gasteiger charge is 2.28. The summed E-state index contributed by atoms with van der Waals surface area (Å²) in [5.41, 5.74) is 5.33. The lowest BCUT2D eigenvalue weighted by molar-refractivity contribution is -0.161. The van der Waals surface area contributed by atoms with E-state index in [2.05, 4.69) is 42.7 Å². The normalized spacial score (nSPS) is 13.9. The van der Waals surface area contributed by atoms with E-state index in [4.69, 9.17) is 24.8 Å². The number of nitrogens with two attached hydrogens (primary N) is 1. The quantitative estimate of drug-likeness (QED) is 0.0232. The lowest BCUT2D eigenvalue weighted by atomic mass is 10.1. The van der Waals surface area contributed by atoms with E-state index in [-0.39, 0.29) is 19.4 Å². The molecule has 328 valence electrons. The zero-order chi connectivity index (χ0) is 41.4. The third-order valence-corrected chi connectivity index (χ3v) is 10.6. The van der Waals surface area contributed by atoms with Crippen molar-refractivity contribution >= 4 is 25.7 Å². The van der Waals surface area contributed by atoms with E-state index in [0.717, 1.165) is 57.8 Å². The van der Waals surface area contributed by atoms with Crippen LogP contribution in [-0.4, -0.2) is 59.9 Å². The first-order chi connectivity index (χ1) is 27.1. The van der Waals surface area contributed by atoms with Gasteiger partial charge in [0.1, 0.15) is 12.6 Å². The van der Waals surface area contributed by atoms with Gasteiger partial charge in [-0.3, -0.25) is 23.4 Å².